The van der Waals surface area contributed by atoms with Gasteiger partial charge in [0, 0.05) is 30.9 Å². The first-order valence-electron chi connectivity index (χ1n) is 10.5. The lowest BCUT2D eigenvalue weighted by atomic mass is 10.1. The van der Waals surface area contributed by atoms with E-state index in [1.54, 1.807) is 36.5 Å². The molecule has 0 spiro atoms. The van der Waals surface area contributed by atoms with Crippen molar-refractivity contribution in [2.45, 2.75) is 19.6 Å². The van der Waals surface area contributed by atoms with Gasteiger partial charge in [0.1, 0.15) is 18.1 Å². The first-order chi connectivity index (χ1) is 15.7. The van der Waals surface area contributed by atoms with Crippen molar-refractivity contribution in [1.29, 1.82) is 0 Å². The van der Waals surface area contributed by atoms with E-state index in [-0.39, 0.29) is 23.8 Å². The molecule has 32 heavy (non-hydrogen) atoms. The number of ketones is 1. The van der Waals surface area contributed by atoms with Crippen molar-refractivity contribution >= 4 is 11.7 Å². The summed E-state index contributed by atoms with van der Waals surface area (Å²) < 4.78 is 5.77. The zero-order valence-corrected chi connectivity index (χ0v) is 17.6. The lowest BCUT2D eigenvalue weighted by Gasteiger charge is -2.16. The molecular weight excluding hydrogens is 400 g/mol. The fourth-order valence-electron chi connectivity index (χ4n) is 3.32. The number of hydrogen-bond donors (Lipinski definition) is 1. The molecule has 1 heterocycles. The number of Topliss-reactive ketones (excluding diaryl/α,β-unsaturated/α-hetero) is 1. The van der Waals surface area contributed by atoms with E-state index in [2.05, 4.69) is 5.32 Å². The summed E-state index contributed by atoms with van der Waals surface area (Å²) in [6.45, 7) is 1.06. The van der Waals surface area contributed by atoms with Gasteiger partial charge in [-0.05, 0) is 35.4 Å². The molecule has 0 atom stereocenters. The minimum atomic E-state index is -0.333. The highest BCUT2D eigenvalue weighted by Gasteiger charge is 2.17. The number of carbonyl (C=O) groups is 2. The number of benzene rings is 3. The number of nitrogens with zero attached hydrogens (tertiary/aromatic N) is 1. The summed E-state index contributed by atoms with van der Waals surface area (Å²) in [5.74, 6) is 0.210. The van der Waals surface area contributed by atoms with Crippen LogP contribution in [0.1, 0.15) is 27.9 Å². The number of carbonyl (C=O) groups excluding carboxylic acids is 2. The van der Waals surface area contributed by atoms with Gasteiger partial charge in [-0.2, -0.15) is 0 Å². The second kappa shape index (κ2) is 10.3. The van der Waals surface area contributed by atoms with Crippen LogP contribution in [-0.2, 0) is 17.9 Å². The van der Waals surface area contributed by atoms with E-state index >= 15 is 0 Å². The van der Waals surface area contributed by atoms with Crippen LogP contribution in [0.3, 0.4) is 0 Å². The lowest BCUT2D eigenvalue weighted by molar-refractivity contribution is -0.115. The molecule has 1 N–H and O–H groups in total. The van der Waals surface area contributed by atoms with E-state index in [9.17, 15) is 9.59 Å². The highest BCUT2D eigenvalue weighted by Crippen LogP contribution is 2.16. The molecule has 5 nitrogen and oxygen atoms in total. The Morgan fingerprint density at radius 2 is 1.53 bits per heavy atom. The van der Waals surface area contributed by atoms with E-state index in [4.69, 9.17) is 4.74 Å². The molecule has 0 fully saturated rings. The summed E-state index contributed by atoms with van der Waals surface area (Å²) in [6.07, 6.45) is 5.60. The first-order valence-corrected chi connectivity index (χ1v) is 10.5. The molecule has 160 valence electrons. The van der Waals surface area contributed by atoms with Crippen LogP contribution < -0.4 is 10.1 Å². The SMILES string of the molecule is O=C1CC=CN(Cc2ccccc2)C=C1NC(=O)c1ccc(OCc2ccccc2)cc1. The number of allylic oxidation sites excluding steroid dienone is 2. The second-order valence-corrected chi connectivity index (χ2v) is 7.47. The Hall–Kier alpha value is -4.12. The van der Waals surface area contributed by atoms with Crippen LogP contribution in [0, 0.1) is 0 Å². The average molecular weight is 425 g/mol. The fourth-order valence-corrected chi connectivity index (χ4v) is 3.32. The van der Waals surface area contributed by atoms with Crippen molar-refractivity contribution < 1.29 is 14.3 Å². The largest absolute Gasteiger partial charge is 0.489 e. The maximum absolute atomic E-state index is 12.7. The zero-order chi connectivity index (χ0) is 22.2. The summed E-state index contributed by atoms with van der Waals surface area (Å²) in [4.78, 5) is 27.1. The molecule has 1 amide bonds. The molecule has 0 saturated heterocycles. The summed E-state index contributed by atoms with van der Waals surface area (Å²) in [5, 5.41) is 2.77. The van der Waals surface area contributed by atoms with Gasteiger partial charge in [-0.25, -0.2) is 0 Å². The first kappa shape index (κ1) is 21.1. The molecule has 0 aliphatic carbocycles. The maximum atomic E-state index is 12.7. The van der Waals surface area contributed by atoms with Crippen molar-refractivity contribution in [1.82, 2.24) is 10.2 Å². The molecule has 0 saturated carbocycles. The molecule has 0 unspecified atom stereocenters. The quantitative estimate of drug-likeness (QED) is 0.591. The minimum Gasteiger partial charge on any atom is -0.489 e. The van der Waals surface area contributed by atoms with Crippen molar-refractivity contribution in [2.75, 3.05) is 0 Å². The predicted molar refractivity (Wildman–Crippen MR) is 124 cm³/mol. The van der Waals surface area contributed by atoms with E-state index in [0.717, 1.165) is 11.1 Å². The molecule has 3 aromatic carbocycles. The van der Waals surface area contributed by atoms with Crippen molar-refractivity contribution in [2.24, 2.45) is 0 Å². The third-order valence-corrected chi connectivity index (χ3v) is 5.02. The van der Waals surface area contributed by atoms with Gasteiger partial charge in [0.05, 0.1) is 0 Å². The topological polar surface area (TPSA) is 58.6 Å². The molecule has 0 bridgehead atoms. The van der Waals surface area contributed by atoms with Crippen LogP contribution >= 0.6 is 0 Å². The monoisotopic (exact) mass is 424 g/mol. The Balaban J connectivity index is 1.39. The number of rotatable bonds is 7. The second-order valence-electron chi connectivity index (χ2n) is 7.47. The van der Waals surface area contributed by atoms with Gasteiger partial charge >= 0.3 is 0 Å². The number of amides is 1. The van der Waals surface area contributed by atoms with E-state index in [1.165, 1.54) is 0 Å². The van der Waals surface area contributed by atoms with Crippen LogP contribution in [0.25, 0.3) is 0 Å². The Kier molecular flexibility index (Phi) is 6.78. The van der Waals surface area contributed by atoms with Crippen LogP contribution in [0.15, 0.2) is 109 Å². The molecular formula is C27H24N2O3. The van der Waals surface area contributed by atoms with Gasteiger partial charge < -0.3 is 15.0 Å². The van der Waals surface area contributed by atoms with Gasteiger partial charge in [-0.3, -0.25) is 9.59 Å². The van der Waals surface area contributed by atoms with E-state index in [1.807, 2.05) is 71.8 Å². The zero-order valence-electron chi connectivity index (χ0n) is 17.6. The average Bonchev–Trinajstić information content (AvgIpc) is 3.00. The maximum Gasteiger partial charge on any atom is 0.255 e. The number of nitrogens with one attached hydrogen (secondary N) is 1. The third kappa shape index (κ3) is 5.73. The summed E-state index contributed by atoms with van der Waals surface area (Å²) >= 11 is 0. The molecule has 3 aromatic rings. The van der Waals surface area contributed by atoms with Crippen molar-refractivity contribution in [3.05, 3.63) is 126 Å². The summed E-state index contributed by atoms with van der Waals surface area (Å²) in [7, 11) is 0. The molecule has 4 rings (SSSR count). The highest BCUT2D eigenvalue weighted by atomic mass is 16.5. The van der Waals surface area contributed by atoms with Crippen LogP contribution in [-0.4, -0.2) is 16.6 Å². The Bertz CT molecular complexity index is 1120. The molecule has 0 aromatic heterocycles. The minimum absolute atomic E-state index is 0.132. The molecule has 1 aliphatic heterocycles. The third-order valence-electron chi connectivity index (χ3n) is 5.02. The van der Waals surface area contributed by atoms with Crippen LogP contribution in [0.4, 0.5) is 0 Å². The fraction of sp³-hybridized carbons (Fsp3) is 0.111. The Labute approximate surface area is 187 Å². The smallest absolute Gasteiger partial charge is 0.255 e. The molecule has 1 aliphatic rings. The van der Waals surface area contributed by atoms with Gasteiger partial charge in [-0.1, -0.05) is 66.7 Å². The standard InChI is InChI=1S/C27H24N2O3/c30-26-12-7-17-29(18-21-8-3-1-4-9-21)19-25(26)28-27(31)23-13-15-24(16-14-23)32-20-22-10-5-2-6-11-22/h1-11,13-17,19H,12,18,20H2,(H,28,31). The van der Waals surface area contributed by atoms with E-state index < -0.39 is 0 Å². The predicted octanol–water partition coefficient (Wildman–Crippen LogP) is 4.83. The van der Waals surface area contributed by atoms with Gasteiger partial charge in [0.25, 0.3) is 5.91 Å². The van der Waals surface area contributed by atoms with Gasteiger partial charge in [0.15, 0.2) is 5.78 Å². The van der Waals surface area contributed by atoms with Gasteiger partial charge in [0.2, 0.25) is 0 Å². The summed E-state index contributed by atoms with van der Waals surface area (Å²) in [6, 6.07) is 26.7. The van der Waals surface area contributed by atoms with Crippen LogP contribution in [0.2, 0.25) is 0 Å². The molecule has 0 radical (unpaired) electrons. The lowest BCUT2D eigenvalue weighted by Crippen LogP contribution is -2.28. The highest BCUT2D eigenvalue weighted by molar-refractivity contribution is 6.04. The summed E-state index contributed by atoms with van der Waals surface area (Å²) in [5.41, 5.74) is 2.92. The molecule has 5 heteroatoms. The van der Waals surface area contributed by atoms with Crippen molar-refractivity contribution in [3.8, 4) is 5.75 Å². The Morgan fingerprint density at radius 1 is 0.875 bits per heavy atom. The Morgan fingerprint density at radius 3 is 2.22 bits per heavy atom. The number of hydrogen-bond acceptors (Lipinski definition) is 4. The number of ether oxygens (including phenoxy) is 1. The van der Waals surface area contributed by atoms with E-state index in [0.29, 0.717) is 24.5 Å². The van der Waals surface area contributed by atoms with Gasteiger partial charge in [-0.15, -0.1) is 0 Å². The normalized spacial score (nSPS) is 13.3. The van der Waals surface area contributed by atoms with Crippen molar-refractivity contribution in [3.63, 3.8) is 0 Å². The van der Waals surface area contributed by atoms with Crippen LogP contribution in [0.5, 0.6) is 5.75 Å².